The minimum atomic E-state index is -0.193. The summed E-state index contributed by atoms with van der Waals surface area (Å²) in [6.07, 6.45) is 1.81. The highest BCUT2D eigenvalue weighted by atomic mass is 16.5. The molecule has 33 heavy (non-hydrogen) atoms. The number of aromatic nitrogens is 1. The van der Waals surface area contributed by atoms with Gasteiger partial charge in [0.1, 0.15) is 17.2 Å². The van der Waals surface area contributed by atoms with Crippen LogP contribution in [0.3, 0.4) is 0 Å². The molecule has 6 heteroatoms. The monoisotopic (exact) mass is 448 g/mol. The van der Waals surface area contributed by atoms with Gasteiger partial charge in [-0.3, -0.25) is 9.78 Å². The first kappa shape index (κ1) is 24.3. The van der Waals surface area contributed by atoms with Crippen LogP contribution in [0, 0.1) is 6.92 Å². The largest absolute Gasteiger partial charge is 0.494 e. The van der Waals surface area contributed by atoms with Crippen LogP contribution in [0.25, 0.3) is 0 Å². The fraction of sp³-hybridized carbons (Fsp3) is 0.333. The van der Waals surface area contributed by atoms with E-state index in [0.717, 1.165) is 30.9 Å². The number of anilines is 1. The van der Waals surface area contributed by atoms with Crippen molar-refractivity contribution in [3.05, 3.63) is 77.6 Å². The second kappa shape index (κ2) is 12.0. The van der Waals surface area contributed by atoms with Crippen LogP contribution in [0.2, 0.25) is 0 Å². The molecule has 1 heterocycles. The van der Waals surface area contributed by atoms with Gasteiger partial charge in [0, 0.05) is 24.4 Å². The van der Waals surface area contributed by atoms with Crippen LogP contribution in [0.1, 0.15) is 48.9 Å². The summed E-state index contributed by atoms with van der Waals surface area (Å²) in [5.74, 6) is 2.01. The van der Waals surface area contributed by atoms with Crippen LogP contribution < -0.4 is 14.8 Å². The smallest absolute Gasteiger partial charge is 0.257 e. The van der Waals surface area contributed by atoms with Gasteiger partial charge in [-0.2, -0.15) is 0 Å². The molecule has 174 valence electrons. The van der Waals surface area contributed by atoms with Crippen LogP contribution in [-0.4, -0.2) is 30.2 Å². The first-order valence-electron chi connectivity index (χ1n) is 11.4. The molecule has 0 saturated heterocycles. The fourth-order valence-corrected chi connectivity index (χ4v) is 3.35. The molecule has 0 saturated carbocycles. The number of amides is 1. The third kappa shape index (κ3) is 7.32. The zero-order chi connectivity index (χ0) is 23.6. The van der Waals surface area contributed by atoms with E-state index in [0.29, 0.717) is 35.1 Å². The van der Waals surface area contributed by atoms with Crippen molar-refractivity contribution in [3.8, 4) is 17.2 Å². The molecule has 6 nitrogen and oxygen atoms in total. The lowest BCUT2D eigenvalue weighted by molar-refractivity contribution is 0.0663. The number of nitrogens with one attached hydrogen (secondary N) is 1. The standard InChI is InChI=1S/C27H32N2O4/c1-5-17-32-19(3)18-22-9-16-26(20(4)28-22)27(30)29-21-7-10-24(11-8-21)33-25-14-12-23(13-15-25)31-6-2/h7-16,19H,5-6,17-18H2,1-4H3,(H,29,30). The summed E-state index contributed by atoms with van der Waals surface area (Å²) in [4.78, 5) is 17.3. The van der Waals surface area contributed by atoms with E-state index in [-0.39, 0.29) is 12.0 Å². The summed E-state index contributed by atoms with van der Waals surface area (Å²) >= 11 is 0. The molecule has 2 aromatic carbocycles. The van der Waals surface area contributed by atoms with Gasteiger partial charge < -0.3 is 19.5 Å². The van der Waals surface area contributed by atoms with E-state index in [1.54, 1.807) is 0 Å². The van der Waals surface area contributed by atoms with Crippen molar-refractivity contribution in [2.24, 2.45) is 0 Å². The van der Waals surface area contributed by atoms with Gasteiger partial charge in [-0.05, 0) is 87.9 Å². The van der Waals surface area contributed by atoms with Crippen molar-refractivity contribution in [3.63, 3.8) is 0 Å². The number of nitrogens with zero attached hydrogens (tertiary/aromatic N) is 1. The number of aryl methyl sites for hydroxylation is 1. The molecule has 1 amide bonds. The highest BCUT2D eigenvalue weighted by Crippen LogP contribution is 2.25. The maximum absolute atomic E-state index is 12.8. The van der Waals surface area contributed by atoms with Crippen LogP contribution in [0.5, 0.6) is 17.2 Å². The molecule has 0 bridgehead atoms. The minimum Gasteiger partial charge on any atom is -0.494 e. The lowest BCUT2D eigenvalue weighted by Crippen LogP contribution is -2.16. The van der Waals surface area contributed by atoms with E-state index in [2.05, 4.69) is 17.2 Å². The average molecular weight is 449 g/mol. The molecule has 0 radical (unpaired) electrons. The highest BCUT2D eigenvalue weighted by Gasteiger charge is 2.13. The normalized spacial score (nSPS) is 11.6. The predicted octanol–water partition coefficient (Wildman–Crippen LogP) is 6.19. The molecule has 1 aromatic heterocycles. The molecular formula is C27H32N2O4. The third-order valence-corrected chi connectivity index (χ3v) is 4.97. The Kier molecular flexibility index (Phi) is 8.84. The number of ether oxygens (including phenoxy) is 3. The van der Waals surface area contributed by atoms with Gasteiger partial charge in [0.05, 0.1) is 24.0 Å². The summed E-state index contributed by atoms with van der Waals surface area (Å²) in [6.45, 7) is 9.29. The molecule has 3 rings (SSSR count). The fourth-order valence-electron chi connectivity index (χ4n) is 3.35. The van der Waals surface area contributed by atoms with Crippen LogP contribution in [0.4, 0.5) is 5.69 Å². The Hall–Kier alpha value is -3.38. The summed E-state index contributed by atoms with van der Waals surface area (Å²) in [7, 11) is 0. The van der Waals surface area contributed by atoms with Gasteiger partial charge in [0.25, 0.3) is 5.91 Å². The molecule has 1 atom stereocenters. The van der Waals surface area contributed by atoms with Crippen molar-refractivity contribution >= 4 is 11.6 Å². The predicted molar refractivity (Wildman–Crippen MR) is 130 cm³/mol. The lowest BCUT2D eigenvalue weighted by Gasteiger charge is -2.13. The topological polar surface area (TPSA) is 69.7 Å². The summed E-state index contributed by atoms with van der Waals surface area (Å²) < 4.78 is 17.0. The van der Waals surface area contributed by atoms with E-state index in [1.807, 2.05) is 81.4 Å². The zero-order valence-electron chi connectivity index (χ0n) is 19.8. The van der Waals surface area contributed by atoms with E-state index < -0.39 is 0 Å². The SMILES string of the molecule is CCCOC(C)Cc1ccc(C(=O)Nc2ccc(Oc3ccc(OCC)cc3)cc2)c(C)n1. The van der Waals surface area contributed by atoms with Crippen LogP contribution in [0.15, 0.2) is 60.7 Å². The van der Waals surface area contributed by atoms with E-state index in [9.17, 15) is 4.79 Å². The highest BCUT2D eigenvalue weighted by molar-refractivity contribution is 6.05. The van der Waals surface area contributed by atoms with Crippen molar-refractivity contribution in [1.82, 2.24) is 4.98 Å². The van der Waals surface area contributed by atoms with Gasteiger partial charge in [-0.1, -0.05) is 6.92 Å². The Morgan fingerprint density at radius 2 is 1.58 bits per heavy atom. The molecule has 0 fully saturated rings. The number of pyridine rings is 1. The molecular weight excluding hydrogens is 416 g/mol. The van der Waals surface area contributed by atoms with Crippen LogP contribution in [-0.2, 0) is 11.2 Å². The van der Waals surface area contributed by atoms with E-state index >= 15 is 0 Å². The van der Waals surface area contributed by atoms with Gasteiger partial charge >= 0.3 is 0 Å². The third-order valence-electron chi connectivity index (χ3n) is 4.97. The van der Waals surface area contributed by atoms with Crippen molar-refractivity contribution in [2.75, 3.05) is 18.5 Å². The molecule has 1 unspecified atom stereocenters. The molecule has 0 spiro atoms. The number of hydrogen-bond acceptors (Lipinski definition) is 5. The van der Waals surface area contributed by atoms with Gasteiger partial charge in [-0.25, -0.2) is 0 Å². The summed E-state index contributed by atoms with van der Waals surface area (Å²) in [5.41, 5.74) is 2.85. The van der Waals surface area contributed by atoms with Crippen molar-refractivity contribution in [2.45, 2.75) is 46.6 Å². The molecule has 3 aromatic rings. The van der Waals surface area contributed by atoms with E-state index in [1.165, 1.54) is 0 Å². The molecule has 1 N–H and O–H groups in total. The first-order chi connectivity index (χ1) is 16.0. The number of benzene rings is 2. The van der Waals surface area contributed by atoms with Gasteiger partial charge in [0.2, 0.25) is 0 Å². The number of rotatable bonds is 11. The van der Waals surface area contributed by atoms with Gasteiger partial charge in [0.15, 0.2) is 0 Å². The van der Waals surface area contributed by atoms with Gasteiger partial charge in [-0.15, -0.1) is 0 Å². The minimum absolute atomic E-state index is 0.0971. The second-order valence-electron chi connectivity index (χ2n) is 7.81. The maximum Gasteiger partial charge on any atom is 0.257 e. The number of carbonyl (C=O) groups excluding carboxylic acids is 1. The Balaban J connectivity index is 1.57. The zero-order valence-corrected chi connectivity index (χ0v) is 19.8. The van der Waals surface area contributed by atoms with Crippen LogP contribution >= 0.6 is 0 Å². The van der Waals surface area contributed by atoms with E-state index in [4.69, 9.17) is 14.2 Å². The Morgan fingerprint density at radius 3 is 2.18 bits per heavy atom. The molecule has 0 aliphatic rings. The molecule has 0 aliphatic heterocycles. The average Bonchev–Trinajstić information content (AvgIpc) is 2.80. The first-order valence-corrected chi connectivity index (χ1v) is 11.4. The molecule has 0 aliphatic carbocycles. The van der Waals surface area contributed by atoms with Crippen molar-refractivity contribution < 1.29 is 19.0 Å². The number of carbonyl (C=O) groups is 1. The summed E-state index contributed by atoms with van der Waals surface area (Å²) in [6, 6.07) is 18.4. The Bertz CT molecular complexity index is 1030. The maximum atomic E-state index is 12.8. The Labute approximate surface area is 195 Å². The number of hydrogen-bond donors (Lipinski definition) is 1. The summed E-state index contributed by atoms with van der Waals surface area (Å²) in [5, 5.41) is 2.92. The second-order valence-corrected chi connectivity index (χ2v) is 7.81. The van der Waals surface area contributed by atoms with Crippen molar-refractivity contribution in [1.29, 1.82) is 0 Å². The Morgan fingerprint density at radius 1 is 0.939 bits per heavy atom. The quantitative estimate of drug-likeness (QED) is 0.379. The lowest BCUT2D eigenvalue weighted by atomic mass is 10.1.